The third kappa shape index (κ3) is 3.74. The van der Waals surface area contributed by atoms with Crippen molar-refractivity contribution in [3.8, 4) is 0 Å². The molecule has 0 aromatic heterocycles. The number of carbonyl (C=O) groups excluding carboxylic acids is 1. The molecule has 2 atom stereocenters. The van der Waals surface area contributed by atoms with Crippen molar-refractivity contribution >= 4 is 18.3 Å². The van der Waals surface area contributed by atoms with Gasteiger partial charge < -0.3 is 10.6 Å². The molecule has 1 aliphatic heterocycles. The molecule has 2 unspecified atom stereocenters. The zero-order valence-corrected chi connectivity index (χ0v) is 14.1. The van der Waals surface area contributed by atoms with Gasteiger partial charge in [0.1, 0.15) is 0 Å². The molecular weight excluding hydrogens is 308 g/mol. The number of fused-ring (bicyclic) bond motifs is 1. The Bertz CT molecular complexity index is 659. The smallest absolute Gasteiger partial charge is 0.224 e. The highest BCUT2D eigenvalue weighted by molar-refractivity contribution is 5.85. The third-order valence-corrected chi connectivity index (χ3v) is 4.54. The van der Waals surface area contributed by atoms with E-state index in [1.54, 1.807) is 0 Å². The van der Waals surface area contributed by atoms with Crippen LogP contribution in [0.2, 0.25) is 0 Å². The number of nitrogens with two attached hydrogens (primary N) is 1. The van der Waals surface area contributed by atoms with Crippen LogP contribution in [0.4, 0.5) is 0 Å². The van der Waals surface area contributed by atoms with Crippen LogP contribution >= 0.6 is 12.4 Å². The first-order chi connectivity index (χ1) is 10.7. The van der Waals surface area contributed by atoms with Crippen molar-refractivity contribution in [2.24, 2.45) is 5.73 Å². The van der Waals surface area contributed by atoms with Crippen LogP contribution in [-0.4, -0.2) is 17.4 Å². The van der Waals surface area contributed by atoms with Crippen molar-refractivity contribution in [3.05, 3.63) is 71.3 Å². The highest BCUT2D eigenvalue weighted by Crippen LogP contribution is 2.30. The predicted octanol–water partition coefficient (Wildman–Crippen LogP) is 3.64. The zero-order chi connectivity index (χ0) is 15.5. The van der Waals surface area contributed by atoms with E-state index in [4.69, 9.17) is 5.73 Å². The molecule has 0 radical (unpaired) electrons. The van der Waals surface area contributed by atoms with Crippen molar-refractivity contribution in [1.82, 2.24) is 4.90 Å². The molecule has 1 aliphatic rings. The van der Waals surface area contributed by atoms with Gasteiger partial charge in [0.25, 0.3) is 0 Å². The van der Waals surface area contributed by atoms with E-state index in [-0.39, 0.29) is 30.4 Å². The van der Waals surface area contributed by atoms with Crippen LogP contribution in [0.15, 0.2) is 54.6 Å². The van der Waals surface area contributed by atoms with Gasteiger partial charge in [0, 0.05) is 19.0 Å². The summed E-state index contributed by atoms with van der Waals surface area (Å²) in [5.74, 6) is 0.137. The van der Waals surface area contributed by atoms with Crippen LogP contribution in [0, 0.1) is 0 Å². The van der Waals surface area contributed by atoms with Gasteiger partial charge in [-0.15, -0.1) is 12.4 Å². The van der Waals surface area contributed by atoms with Gasteiger partial charge in [0.05, 0.1) is 6.04 Å². The van der Waals surface area contributed by atoms with Gasteiger partial charge in [-0.1, -0.05) is 54.6 Å². The maximum atomic E-state index is 12.6. The number of halogens is 1. The van der Waals surface area contributed by atoms with Crippen LogP contribution in [-0.2, 0) is 11.2 Å². The minimum absolute atomic E-state index is 0. The summed E-state index contributed by atoms with van der Waals surface area (Å²) in [7, 11) is 0. The first-order valence-electron chi connectivity index (χ1n) is 7.84. The Morgan fingerprint density at radius 2 is 1.83 bits per heavy atom. The SMILES string of the molecule is CC1c2ccccc2CCN1C(=O)CC(N)c1ccccc1.Cl. The monoisotopic (exact) mass is 330 g/mol. The van der Waals surface area contributed by atoms with E-state index < -0.39 is 0 Å². The largest absolute Gasteiger partial charge is 0.336 e. The highest BCUT2D eigenvalue weighted by Gasteiger charge is 2.28. The van der Waals surface area contributed by atoms with E-state index in [0.717, 1.165) is 18.5 Å². The van der Waals surface area contributed by atoms with Gasteiger partial charge >= 0.3 is 0 Å². The lowest BCUT2D eigenvalue weighted by atomic mass is 9.93. The third-order valence-electron chi connectivity index (χ3n) is 4.54. The van der Waals surface area contributed by atoms with Gasteiger partial charge in [-0.25, -0.2) is 0 Å². The number of nitrogens with zero attached hydrogens (tertiary/aromatic N) is 1. The Balaban J connectivity index is 0.00000192. The number of benzene rings is 2. The minimum Gasteiger partial charge on any atom is -0.336 e. The van der Waals surface area contributed by atoms with Gasteiger partial charge in [-0.2, -0.15) is 0 Å². The normalized spacial score (nSPS) is 17.8. The Morgan fingerprint density at radius 3 is 2.57 bits per heavy atom. The summed E-state index contributed by atoms with van der Waals surface area (Å²) in [6.07, 6.45) is 1.28. The van der Waals surface area contributed by atoms with Gasteiger partial charge in [0.2, 0.25) is 5.91 Å². The van der Waals surface area contributed by atoms with E-state index in [1.165, 1.54) is 11.1 Å². The molecule has 122 valence electrons. The van der Waals surface area contributed by atoms with E-state index in [2.05, 4.69) is 25.1 Å². The zero-order valence-electron chi connectivity index (χ0n) is 13.3. The first-order valence-corrected chi connectivity index (χ1v) is 7.84. The molecule has 3 rings (SSSR count). The van der Waals surface area contributed by atoms with Crippen molar-refractivity contribution in [2.75, 3.05) is 6.54 Å². The van der Waals surface area contributed by atoms with Crippen LogP contribution in [0.25, 0.3) is 0 Å². The van der Waals surface area contributed by atoms with E-state index in [9.17, 15) is 4.79 Å². The molecule has 0 saturated heterocycles. The van der Waals surface area contributed by atoms with Crippen LogP contribution in [0.5, 0.6) is 0 Å². The summed E-state index contributed by atoms with van der Waals surface area (Å²) >= 11 is 0. The van der Waals surface area contributed by atoms with Crippen molar-refractivity contribution < 1.29 is 4.79 Å². The minimum atomic E-state index is -0.238. The van der Waals surface area contributed by atoms with Crippen LogP contribution in [0.3, 0.4) is 0 Å². The number of hydrogen-bond acceptors (Lipinski definition) is 2. The standard InChI is InChI=1S/C19H22N2O.ClH/c1-14-17-10-6-5-7-15(17)11-12-21(14)19(22)13-18(20)16-8-3-2-4-9-16;/h2-10,14,18H,11-13,20H2,1H3;1H. The topological polar surface area (TPSA) is 46.3 Å². The average molecular weight is 331 g/mol. The van der Waals surface area contributed by atoms with E-state index >= 15 is 0 Å². The predicted molar refractivity (Wildman–Crippen MR) is 95.5 cm³/mol. The first kappa shape index (κ1) is 17.5. The second-order valence-electron chi connectivity index (χ2n) is 5.93. The Hall–Kier alpha value is -1.84. The van der Waals surface area contributed by atoms with Gasteiger partial charge in [0.15, 0.2) is 0 Å². The lowest BCUT2D eigenvalue weighted by Crippen LogP contribution is -2.40. The second-order valence-corrected chi connectivity index (χ2v) is 5.93. The molecule has 3 nitrogen and oxygen atoms in total. The lowest BCUT2D eigenvalue weighted by molar-refractivity contribution is -0.134. The molecule has 0 spiro atoms. The molecule has 0 fully saturated rings. The van der Waals surface area contributed by atoms with Gasteiger partial charge in [-0.3, -0.25) is 4.79 Å². The maximum Gasteiger partial charge on any atom is 0.224 e. The fourth-order valence-electron chi connectivity index (χ4n) is 3.24. The Morgan fingerprint density at radius 1 is 1.17 bits per heavy atom. The van der Waals surface area contributed by atoms with Crippen LogP contribution < -0.4 is 5.73 Å². The lowest BCUT2D eigenvalue weighted by Gasteiger charge is -2.36. The molecule has 1 heterocycles. The molecule has 0 aliphatic carbocycles. The number of hydrogen-bond donors (Lipinski definition) is 1. The maximum absolute atomic E-state index is 12.6. The number of amides is 1. The summed E-state index contributed by atoms with van der Waals surface area (Å²) in [6.45, 7) is 2.88. The summed E-state index contributed by atoms with van der Waals surface area (Å²) < 4.78 is 0. The molecule has 2 N–H and O–H groups in total. The fraction of sp³-hybridized carbons (Fsp3) is 0.316. The summed E-state index contributed by atoms with van der Waals surface area (Å²) in [4.78, 5) is 14.6. The average Bonchev–Trinajstić information content (AvgIpc) is 2.56. The Kier molecular flexibility index (Phi) is 5.80. The van der Waals surface area contributed by atoms with Crippen molar-refractivity contribution in [3.63, 3.8) is 0 Å². The number of rotatable bonds is 3. The summed E-state index contributed by atoms with van der Waals surface area (Å²) in [5.41, 5.74) is 9.82. The second kappa shape index (κ2) is 7.62. The molecule has 4 heteroatoms. The quantitative estimate of drug-likeness (QED) is 0.933. The molecular formula is C19H23ClN2O. The van der Waals surface area contributed by atoms with Crippen LogP contribution in [0.1, 0.15) is 42.1 Å². The van der Waals surface area contributed by atoms with E-state index in [1.807, 2.05) is 41.3 Å². The molecule has 1 amide bonds. The molecule has 2 aromatic carbocycles. The van der Waals surface area contributed by atoms with E-state index in [0.29, 0.717) is 6.42 Å². The van der Waals surface area contributed by atoms with Crippen molar-refractivity contribution in [1.29, 1.82) is 0 Å². The highest BCUT2D eigenvalue weighted by atomic mass is 35.5. The molecule has 0 bridgehead atoms. The Labute approximate surface area is 143 Å². The fourth-order valence-corrected chi connectivity index (χ4v) is 3.24. The summed E-state index contributed by atoms with van der Waals surface area (Å²) in [6, 6.07) is 18.1. The molecule has 2 aromatic rings. The summed E-state index contributed by atoms with van der Waals surface area (Å²) in [5, 5.41) is 0. The molecule has 0 saturated carbocycles. The molecule has 23 heavy (non-hydrogen) atoms. The van der Waals surface area contributed by atoms with Crippen molar-refractivity contribution in [2.45, 2.75) is 31.8 Å². The number of carbonyl (C=O) groups is 1. The van der Waals surface area contributed by atoms with Gasteiger partial charge in [-0.05, 0) is 30.0 Å².